The van der Waals surface area contributed by atoms with Crippen molar-refractivity contribution in [3.63, 3.8) is 0 Å². The molecular weight excluding hydrogens is 369 g/mol. The fourth-order valence-corrected chi connectivity index (χ4v) is 2.59. The molecule has 1 aromatic carbocycles. The Morgan fingerprint density at radius 2 is 2.14 bits per heavy atom. The molecule has 0 N–H and O–H groups in total. The minimum atomic E-state index is -1.98. The monoisotopic (exact) mass is 372 g/mol. The Hall–Kier alpha value is -0.0400. The highest BCUT2D eigenvalue weighted by Crippen LogP contribution is 2.40. The molecule has 0 radical (unpaired) electrons. The molecule has 14 heavy (non-hydrogen) atoms. The maximum absolute atomic E-state index is 13.6. The van der Waals surface area contributed by atoms with E-state index < -0.39 is 15.3 Å². The molecule has 0 saturated carbocycles. The van der Waals surface area contributed by atoms with Crippen LogP contribution in [0.4, 0.5) is 8.78 Å². The number of Topliss-reactive ketones (excluding diaryl/α,β-unsaturated/α-hetero) is 1. The van der Waals surface area contributed by atoms with Gasteiger partial charge in [0, 0.05) is 22.0 Å². The van der Waals surface area contributed by atoms with Gasteiger partial charge in [-0.1, -0.05) is 15.9 Å². The molecule has 1 atom stereocenters. The van der Waals surface area contributed by atoms with Gasteiger partial charge in [0.2, 0.25) is 9.46 Å². The number of ketones is 1. The van der Waals surface area contributed by atoms with Crippen LogP contribution in [0.3, 0.4) is 0 Å². The van der Waals surface area contributed by atoms with Gasteiger partial charge in [-0.3, -0.25) is 4.79 Å². The number of carbonyl (C=O) groups excluding carboxylic acids is 1. The molecule has 74 valence electrons. The third-order valence-electron chi connectivity index (χ3n) is 2.14. The summed E-state index contributed by atoms with van der Waals surface area (Å²) < 4.78 is 25.4. The Labute approximate surface area is 101 Å². The molecule has 0 fully saturated rings. The summed E-state index contributed by atoms with van der Waals surface area (Å²) in [5.74, 6) is -1.17. The summed E-state index contributed by atoms with van der Waals surface area (Å²) in [6.45, 7) is 0. The van der Waals surface area contributed by atoms with Crippen LogP contribution >= 0.6 is 38.5 Å². The molecule has 0 saturated heterocycles. The predicted molar refractivity (Wildman–Crippen MR) is 60.0 cm³/mol. The van der Waals surface area contributed by atoms with Gasteiger partial charge in [0.25, 0.3) is 0 Å². The first-order valence-corrected chi connectivity index (χ1v) is 5.69. The molecule has 1 nitrogen and oxygen atoms in total. The lowest BCUT2D eigenvalue weighted by Crippen LogP contribution is -2.21. The van der Waals surface area contributed by atoms with Crippen LogP contribution in [-0.4, -0.2) is 9.46 Å². The van der Waals surface area contributed by atoms with E-state index in [9.17, 15) is 13.6 Å². The van der Waals surface area contributed by atoms with Crippen molar-refractivity contribution in [3.05, 3.63) is 33.5 Å². The fourth-order valence-electron chi connectivity index (χ4n) is 1.49. The first-order valence-electron chi connectivity index (χ1n) is 3.82. The molecule has 1 unspecified atom stereocenters. The molecule has 0 spiro atoms. The highest BCUT2D eigenvalue weighted by molar-refractivity contribution is 14.1. The lowest BCUT2D eigenvalue weighted by molar-refractivity contribution is 0.0882. The molecule has 0 aliphatic heterocycles. The second kappa shape index (κ2) is 3.23. The largest absolute Gasteiger partial charge is 0.290 e. The van der Waals surface area contributed by atoms with Crippen molar-refractivity contribution < 1.29 is 13.6 Å². The number of halogens is 4. The van der Waals surface area contributed by atoms with Gasteiger partial charge in [0.05, 0.1) is 0 Å². The average molecular weight is 373 g/mol. The van der Waals surface area contributed by atoms with Crippen LogP contribution in [0.5, 0.6) is 0 Å². The predicted octanol–water partition coefficient (Wildman–Crippen LogP) is 3.43. The maximum atomic E-state index is 13.6. The van der Waals surface area contributed by atoms with Crippen molar-refractivity contribution in [2.45, 2.75) is 10.1 Å². The second-order valence-electron chi connectivity index (χ2n) is 3.12. The Morgan fingerprint density at radius 3 is 2.79 bits per heavy atom. The summed E-state index contributed by atoms with van der Waals surface area (Å²) in [5, 5.41) is 0. The van der Waals surface area contributed by atoms with E-state index in [0.717, 1.165) is 0 Å². The van der Waals surface area contributed by atoms with Crippen LogP contribution < -0.4 is 0 Å². The fraction of sp³-hybridized carbons (Fsp3) is 0.222. The number of hydrogen-bond acceptors (Lipinski definition) is 1. The molecule has 0 bridgehead atoms. The lowest BCUT2D eigenvalue weighted by atomic mass is 10.1. The number of benzene rings is 1. The zero-order valence-corrected chi connectivity index (χ0v) is 10.5. The van der Waals surface area contributed by atoms with Crippen molar-refractivity contribution in [1.82, 2.24) is 0 Å². The normalized spacial score (nSPS) is 25.3. The third-order valence-corrected chi connectivity index (χ3v) is 3.46. The first kappa shape index (κ1) is 10.5. The van der Waals surface area contributed by atoms with Gasteiger partial charge in [0.15, 0.2) is 0 Å². The molecule has 2 rings (SSSR count). The summed E-state index contributed by atoms with van der Waals surface area (Å²) >= 11 is 4.48. The van der Waals surface area contributed by atoms with Crippen LogP contribution in [0.1, 0.15) is 15.9 Å². The Morgan fingerprint density at radius 1 is 1.50 bits per heavy atom. The smallest absolute Gasteiger partial charge is 0.227 e. The van der Waals surface area contributed by atoms with E-state index in [1.54, 1.807) is 0 Å². The van der Waals surface area contributed by atoms with Gasteiger partial charge in [0.1, 0.15) is 5.82 Å². The molecule has 0 heterocycles. The van der Waals surface area contributed by atoms with Gasteiger partial charge in [-0.25, -0.2) is 8.78 Å². The average Bonchev–Trinajstić information content (AvgIpc) is 2.28. The van der Waals surface area contributed by atoms with Crippen LogP contribution in [0.25, 0.3) is 0 Å². The summed E-state index contributed by atoms with van der Waals surface area (Å²) in [6, 6.07) is 2.70. The zero-order chi connectivity index (χ0) is 10.5. The number of fused-ring (bicyclic) bond motifs is 1. The minimum absolute atomic E-state index is 0.147. The first-order chi connectivity index (χ1) is 6.42. The molecule has 1 aliphatic rings. The highest BCUT2D eigenvalue weighted by atomic mass is 127. The minimum Gasteiger partial charge on any atom is -0.290 e. The van der Waals surface area contributed by atoms with E-state index in [1.165, 1.54) is 34.7 Å². The lowest BCUT2D eigenvalue weighted by Gasteiger charge is -2.05. The van der Waals surface area contributed by atoms with E-state index in [-0.39, 0.29) is 17.5 Å². The van der Waals surface area contributed by atoms with Crippen molar-refractivity contribution in [3.8, 4) is 0 Å². The van der Waals surface area contributed by atoms with Crippen LogP contribution in [-0.2, 0) is 6.42 Å². The molecule has 1 aromatic rings. The van der Waals surface area contributed by atoms with Gasteiger partial charge in [-0.15, -0.1) is 0 Å². The topological polar surface area (TPSA) is 17.1 Å². The van der Waals surface area contributed by atoms with Crippen LogP contribution in [0, 0.1) is 5.82 Å². The number of carbonyl (C=O) groups is 1. The van der Waals surface area contributed by atoms with Gasteiger partial charge in [-0.05, 0) is 34.7 Å². The summed E-state index contributed by atoms with van der Waals surface area (Å²) in [6.07, 6.45) is -0.180. The molecular formula is C9H4BrF2IO. The number of rotatable bonds is 0. The summed E-state index contributed by atoms with van der Waals surface area (Å²) in [7, 11) is 0. The van der Waals surface area contributed by atoms with Crippen molar-refractivity contribution in [2.24, 2.45) is 0 Å². The second-order valence-corrected chi connectivity index (χ2v) is 5.75. The zero-order valence-electron chi connectivity index (χ0n) is 6.78. The van der Waals surface area contributed by atoms with E-state index in [1.807, 2.05) is 0 Å². The third kappa shape index (κ3) is 1.50. The quantitative estimate of drug-likeness (QED) is 0.503. The van der Waals surface area contributed by atoms with Crippen LogP contribution in [0.2, 0.25) is 0 Å². The van der Waals surface area contributed by atoms with E-state index in [4.69, 9.17) is 0 Å². The van der Waals surface area contributed by atoms with Crippen LogP contribution in [0.15, 0.2) is 16.6 Å². The molecule has 0 aromatic heterocycles. The number of alkyl halides is 2. The van der Waals surface area contributed by atoms with E-state index >= 15 is 0 Å². The van der Waals surface area contributed by atoms with Gasteiger partial charge >= 0.3 is 0 Å². The van der Waals surface area contributed by atoms with Gasteiger partial charge in [-0.2, -0.15) is 0 Å². The molecule has 5 heteroatoms. The summed E-state index contributed by atoms with van der Waals surface area (Å²) in [5.41, 5.74) is 0.323. The molecule has 1 aliphatic carbocycles. The van der Waals surface area contributed by atoms with Crippen molar-refractivity contribution in [2.75, 3.05) is 0 Å². The summed E-state index contributed by atoms with van der Waals surface area (Å²) in [4.78, 5) is 11.5. The Kier molecular flexibility index (Phi) is 2.42. The molecule has 0 amide bonds. The standard InChI is InChI=1S/C9H4BrF2IO/c10-4-1-5-6(7(11)2-4)3-9(12,13)8(5)14/h1-2H,3H2. The SMILES string of the molecule is O=C1c2cc(Br)cc(F)c2CC1(F)I. The van der Waals surface area contributed by atoms with E-state index in [0.29, 0.717) is 4.47 Å². The van der Waals surface area contributed by atoms with Crippen molar-refractivity contribution >= 4 is 44.3 Å². The Balaban J connectivity index is 2.65. The van der Waals surface area contributed by atoms with Crippen molar-refractivity contribution in [1.29, 1.82) is 0 Å². The van der Waals surface area contributed by atoms with Gasteiger partial charge < -0.3 is 0 Å². The number of hydrogen-bond donors (Lipinski definition) is 0. The van der Waals surface area contributed by atoms with E-state index in [2.05, 4.69) is 15.9 Å². The highest BCUT2D eigenvalue weighted by Gasteiger charge is 2.45. The maximum Gasteiger partial charge on any atom is 0.227 e. The Bertz CT molecular complexity index is 431.